The van der Waals surface area contributed by atoms with Gasteiger partial charge in [0.15, 0.2) is 10.9 Å². The standard InChI is InChI=1S/C24H32N4O2S/c1-17-9-11-27(12-10-17)23-25-26-24(28(23)15-21-6-3-13-30-21)31-16-22(29)20-8-7-18-4-2-5-19(18)14-20/h7-8,14,17,21H,2-6,9-13,15-16H2,1H3. The molecule has 0 saturated carbocycles. The number of fused-ring (bicyclic) bond motifs is 1. The van der Waals surface area contributed by atoms with E-state index in [0.717, 1.165) is 74.5 Å². The smallest absolute Gasteiger partial charge is 0.228 e. The van der Waals surface area contributed by atoms with Crippen molar-refractivity contribution in [3.05, 3.63) is 34.9 Å². The fourth-order valence-electron chi connectivity index (χ4n) is 4.94. The summed E-state index contributed by atoms with van der Waals surface area (Å²) in [7, 11) is 0. The van der Waals surface area contributed by atoms with Crippen molar-refractivity contribution in [2.45, 2.75) is 69.7 Å². The number of carbonyl (C=O) groups is 1. The number of thioether (sulfide) groups is 1. The number of hydrogen-bond donors (Lipinski definition) is 0. The predicted molar refractivity (Wildman–Crippen MR) is 123 cm³/mol. The maximum atomic E-state index is 12.9. The van der Waals surface area contributed by atoms with Crippen LogP contribution in [0, 0.1) is 5.92 Å². The molecular formula is C24H32N4O2S. The zero-order valence-electron chi connectivity index (χ0n) is 18.4. The van der Waals surface area contributed by atoms with E-state index >= 15 is 0 Å². The van der Waals surface area contributed by atoms with Gasteiger partial charge < -0.3 is 9.64 Å². The van der Waals surface area contributed by atoms with E-state index in [0.29, 0.717) is 5.75 Å². The molecule has 5 rings (SSSR count). The number of carbonyl (C=O) groups excluding carboxylic acids is 1. The molecule has 1 aliphatic carbocycles. The second kappa shape index (κ2) is 9.33. The lowest BCUT2D eigenvalue weighted by molar-refractivity contribution is 0.0951. The lowest BCUT2D eigenvalue weighted by Gasteiger charge is -2.31. The molecule has 166 valence electrons. The molecule has 0 radical (unpaired) electrons. The van der Waals surface area contributed by atoms with Gasteiger partial charge in [-0.15, -0.1) is 10.2 Å². The van der Waals surface area contributed by atoms with E-state index < -0.39 is 0 Å². The Morgan fingerprint density at radius 2 is 1.97 bits per heavy atom. The van der Waals surface area contributed by atoms with E-state index in [-0.39, 0.29) is 11.9 Å². The molecule has 0 bridgehead atoms. The normalized spacial score (nSPS) is 21.6. The summed E-state index contributed by atoms with van der Waals surface area (Å²) in [5.41, 5.74) is 3.57. The summed E-state index contributed by atoms with van der Waals surface area (Å²) >= 11 is 1.51. The number of nitrogens with zero attached hydrogens (tertiary/aromatic N) is 4. The van der Waals surface area contributed by atoms with Crippen LogP contribution in [0.2, 0.25) is 0 Å². The Labute approximate surface area is 188 Å². The van der Waals surface area contributed by atoms with Crippen LogP contribution in [0.4, 0.5) is 5.95 Å². The first-order valence-corrected chi connectivity index (χ1v) is 12.7. The minimum absolute atomic E-state index is 0.166. The SMILES string of the molecule is CC1CCN(c2nnc(SCC(=O)c3ccc4c(c3)CCC4)n2CC2CCCO2)CC1. The molecular weight excluding hydrogens is 408 g/mol. The fourth-order valence-corrected chi connectivity index (χ4v) is 5.78. The van der Waals surface area contributed by atoms with Crippen molar-refractivity contribution >= 4 is 23.5 Å². The maximum absolute atomic E-state index is 12.9. The molecule has 3 aliphatic rings. The van der Waals surface area contributed by atoms with E-state index in [2.05, 4.69) is 38.7 Å². The van der Waals surface area contributed by atoms with Gasteiger partial charge in [0.1, 0.15) is 0 Å². The minimum Gasteiger partial charge on any atom is -0.376 e. The van der Waals surface area contributed by atoms with Crippen LogP contribution < -0.4 is 4.90 Å². The van der Waals surface area contributed by atoms with Gasteiger partial charge in [0, 0.05) is 25.3 Å². The van der Waals surface area contributed by atoms with Crippen molar-refractivity contribution in [1.82, 2.24) is 14.8 Å². The van der Waals surface area contributed by atoms with Crippen molar-refractivity contribution in [3.8, 4) is 0 Å². The van der Waals surface area contributed by atoms with Crippen LogP contribution in [0.3, 0.4) is 0 Å². The number of anilines is 1. The first-order chi connectivity index (χ1) is 15.2. The number of aryl methyl sites for hydroxylation is 2. The fraction of sp³-hybridized carbons (Fsp3) is 0.625. The number of benzene rings is 1. The van der Waals surface area contributed by atoms with Gasteiger partial charge in [0.05, 0.1) is 18.4 Å². The maximum Gasteiger partial charge on any atom is 0.228 e. The number of Topliss-reactive ketones (excluding diaryl/α,β-unsaturated/α-hetero) is 1. The Hall–Kier alpha value is -1.86. The van der Waals surface area contributed by atoms with Crippen LogP contribution in [-0.2, 0) is 24.1 Å². The van der Waals surface area contributed by atoms with Gasteiger partial charge in [0.25, 0.3) is 0 Å². The van der Waals surface area contributed by atoms with Crippen LogP contribution in [0.15, 0.2) is 23.4 Å². The summed E-state index contributed by atoms with van der Waals surface area (Å²) in [6.07, 6.45) is 8.21. The highest BCUT2D eigenvalue weighted by molar-refractivity contribution is 7.99. The Bertz CT molecular complexity index is 930. The molecule has 0 N–H and O–H groups in total. The Morgan fingerprint density at radius 1 is 1.13 bits per heavy atom. The monoisotopic (exact) mass is 440 g/mol. The third-order valence-corrected chi connectivity index (χ3v) is 7.89. The minimum atomic E-state index is 0.166. The van der Waals surface area contributed by atoms with Gasteiger partial charge in [-0.25, -0.2) is 0 Å². The zero-order valence-corrected chi connectivity index (χ0v) is 19.2. The van der Waals surface area contributed by atoms with Crippen molar-refractivity contribution < 1.29 is 9.53 Å². The van der Waals surface area contributed by atoms with E-state index in [4.69, 9.17) is 4.74 Å². The average molecular weight is 441 g/mol. The van der Waals surface area contributed by atoms with Crippen molar-refractivity contribution in [2.75, 3.05) is 30.3 Å². The molecule has 2 aromatic rings. The average Bonchev–Trinajstić information content (AvgIpc) is 3.54. The molecule has 0 spiro atoms. The van der Waals surface area contributed by atoms with Gasteiger partial charge in [-0.2, -0.15) is 0 Å². The Kier molecular flexibility index (Phi) is 6.32. The van der Waals surface area contributed by atoms with Gasteiger partial charge in [-0.05, 0) is 68.1 Å². The highest BCUT2D eigenvalue weighted by Crippen LogP contribution is 2.29. The van der Waals surface area contributed by atoms with E-state index in [1.54, 1.807) is 0 Å². The number of hydrogen-bond acceptors (Lipinski definition) is 6. The molecule has 0 amide bonds. The molecule has 3 heterocycles. The summed E-state index contributed by atoms with van der Waals surface area (Å²) in [5, 5.41) is 9.89. The summed E-state index contributed by atoms with van der Waals surface area (Å²) in [5.74, 6) is 2.26. The lowest BCUT2D eigenvalue weighted by atomic mass is 10.00. The van der Waals surface area contributed by atoms with Crippen LogP contribution >= 0.6 is 11.8 Å². The highest BCUT2D eigenvalue weighted by atomic mass is 32.2. The first kappa shape index (κ1) is 21.0. The zero-order chi connectivity index (χ0) is 21.2. The number of rotatable bonds is 7. The number of ether oxygens (including phenoxy) is 1. The molecule has 2 aliphatic heterocycles. The second-order valence-corrected chi connectivity index (χ2v) is 10.2. The van der Waals surface area contributed by atoms with Crippen molar-refractivity contribution in [1.29, 1.82) is 0 Å². The quantitative estimate of drug-likeness (QED) is 0.476. The van der Waals surface area contributed by atoms with Gasteiger partial charge in [0.2, 0.25) is 5.95 Å². The van der Waals surface area contributed by atoms with Gasteiger partial charge in [-0.1, -0.05) is 30.8 Å². The van der Waals surface area contributed by atoms with Crippen LogP contribution in [0.1, 0.15) is 60.5 Å². The molecule has 1 aromatic heterocycles. The molecule has 2 saturated heterocycles. The van der Waals surface area contributed by atoms with Crippen LogP contribution in [-0.4, -0.2) is 52.1 Å². The van der Waals surface area contributed by atoms with E-state index in [1.165, 1.54) is 42.2 Å². The third kappa shape index (κ3) is 4.67. The van der Waals surface area contributed by atoms with E-state index in [1.807, 2.05) is 6.07 Å². The topological polar surface area (TPSA) is 60.2 Å². The van der Waals surface area contributed by atoms with E-state index in [9.17, 15) is 4.79 Å². The first-order valence-electron chi connectivity index (χ1n) is 11.7. The lowest BCUT2D eigenvalue weighted by Crippen LogP contribution is -2.35. The van der Waals surface area contributed by atoms with Crippen LogP contribution in [0.25, 0.3) is 0 Å². The highest BCUT2D eigenvalue weighted by Gasteiger charge is 2.26. The van der Waals surface area contributed by atoms with Crippen molar-refractivity contribution in [3.63, 3.8) is 0 Å². The Balaban J connectivity index is 1.31. The summed E-state index contributed by atoms with van der Waals surface area (Å²) < 4.78 is 8.11. The largest absolute Gasteiger partial charge is 0.376 e. The second-order valence-electron chi connectivity index (χ2n) is 9.25. The van der Waals surface area contributed by atoms with Gasteiger partial charge >= 0.3 is 0 Å². The predicted octanol–water partition coefficient (Wildman–Crippen LogP) is 4.16. The number of ketones is 1. The number of piperidine rings is 1. The van der Waals surface area contributed by atoms with Gasteiger partial charge in [-0.3, -0.25) is 9.36 Å². The summed E-state index contributed by atoms with van der Waals surface area (Å²) in [4.78, 5) is 15.3. The molecule has 7 heteroatoms. The summed E-state index contributed by atoms with van der Waals surface area (Å²) in [6.45, 7) is 5.96. The molecule has 1 unspecified atom stereocenters. The van der Waals surface area contributed by atoms with Crippen molar-refractivity contribution in [2.24, 2.45) is 5.92 Å². The summed E-state index contributed by atoms with van der Waals surface area (Å²) in [6, 6.07) is 6.22. The molecule has 1 aromatic carbocycles. The molecule has 2 fully saturated rings. The third-order valence-electron chi connectivity index (χ3n) is 6.93. The van der Waals surface area contributed by atoms with Crippen LogP contribution in [0.5, 0.6) is 0 Å². The molecule has 31 heavy (non-hydrogen) atoms. The molecule has 6 nitrogen and oxygen atoms in total. The Morgan fingerprint density at radius 3 is 2.77 bits per heavy atom. The molecule has 1 atom stereocenters. The number of aromatic nitrogens is 3.